The summed E-state index contributed by atoms with van der Waals surface area (Å²) >= 11 is 0. The summed E-state index contributed by atoms with van der Waals surface area (Å²) in [6, 6.07) is 27.7. The first-order chi connectivity index (χ1) is 15.9. The van der Waals surface area contributed by atoms with Crippen molar-refractivity contribution in [3.05, 3.63) is 101 Å². The lowest BCUT2D eigenvalue weighted by molar-refractivity contribution is 0.414. The highest BCUT2D eigenvalue weighted by Gasteiger charge is 2.12. The van der Waals surface area contributed by atoms with Crippen LogP contribution < -0.4 is 4.74 Å². The standard InChI is InChI=1S/C30H32N2O/c1-21(2)24-9-6-23(7-10-24)8-15-27-20-30(26-13-11-25(12-14-26)22(3)4)32(31-27)28-16-18-29(33-5)19-17-28/h6-22H,1-5H3. The molecule has 4 aromatic rings. The molecule has 0 N–H and O–H groups in total. The van der Waals surface area contributed by atoms with Gasteiger partial charge in [-0.3, -0.25) is 0 Å². The number of benzene rings is 3. The Balaban J connectivity index is 1.70. The number of rotatable bonds is 7. The fourth-order valence-corrected chi connectivity index (χ4v) is 3.82. The van der Waals surface area contributed by atoms with E-state index in [0.717, 1.165) is 28.4 Å². The molecule has 0 saturated heterocycles. The first-order valence-electron chi connectivity index (χ1n) is 11.6. The van der Waals surface area contributed by atoms with Crippen molar-refractivity contribution in [3.63, 3.8) is 0 Å². The smallest absolute Gasteiger partial charge is 0.119 e. The van der Waals surface area contributed by atoms with Gasteiger partial charge in [-0.2, -0.15) is 5.10 Å². The van der Waals surface area contributed by atoms with Crippen molar-refractivity contribution in [2.24, 2.45) is 0 Å². The summed E-state index contributed by atoms with van der Waals surface area (Å²) in [5.74, 6) is 1.87. The number of hydrogen-bond donors (Lipinski definition) is 0. The van der Waals surface area contributed by atoms with E-state index >= 15 is 0 Å². The fourth-order valence-electron chi connectivity index (χ4n) is 3.82. The molecule has 0 aliphatic rings. The number of nitrogens with zero attached hydrogens (tertiary/aromatic N) is 2. The van der Waals surface area contributed by atoms with Crippen molar-refractivity contribution in [1.82, 2.24) is 9.78 Å². The van der Waals surface area contributed by atoms with E-state index < -0.39 is 0 Å². The van der Waals surface area contributed by atoms with Gasteiger partial charge in [0.15, 0.2) is 0 Å². The van der Waals surface area contributed by atoms with E-state index in [2.05, 4.69) is 94.4 Å². The number of hydrogen-bond acceptors (Lipinski definition) is 2. The Morgan fingerprint density at radius 3 is 1.85 bits per heavy atom. The lowest BCUT2D eigenvalue weighted by Gasteiger charge is -2.10. The van der Waals surface area contributed by atoms with Crippen LogP contribution in [0.4, 0.5) is 0 Å². The second kappa shape index (κ2) is 9.91. The van der Waals surface area contributed by atoms with Gasteiger partial charge in [-0.05, 0) is 64.9 Å². The molecule has 0 atom stereocenters. The van der Waals surface area contributed by atoms with Crippen LogP contribution in [0.15, 0.2) is 78.9 Å². The van der Waals surface area contributed by atoms with E-state index in [4.69, 9.17) is 9.84 Å². The van der Waals surface area contributed by atoms with Crippen LogP contribution in [0.3, 0.4) is 0 Å². The second-order valence-electron chi connectivity index (χ2n) is 9.00. The maximum Gasteiger partial charge on any atom is 0.119 e. The molecule has 0 aliphatic heterocycles. The molecule has 0 amide bonds. The van der Waals surface area contributed by atoms with Crippen LogP contribution in [0.1, 0.15) is 61.9 Å². The Bertz CT molecular complexity index is 1210. The average molecular weight is 437 g/mol. The summed E-state index contributed by atoms with van der Waals surface area (Å²) in [6.07, 6.45) is 4.20. The van der Waals surface area contributed by atoms with Crippen molar-refractivity contribution in [1.29, 1.82) is 0 Å². The highest BCUT2D eigenvalue weighted by atomic mass is 16.5. The molecule has 3 heteroatoms. The van der Waals surface area contributed by atoms with E-state index in [9.17, 15) is 0 Å². The van der Waals surface area contributed by atoms with Crippen LogP contribution in [0.25, 0.3) is 29.1 Å². The maximum atomic E-state index is 5.33. The number of aromatic nitrogens is 2. The van der Waals surface area contributed by atoms with Gasteiger partial charge in [-0.1, -0.05) is 82.3 Å². The molecule has 33 heavy (non-hydrogen) atoms. The minimum Gasteiger partial charge on any atom is -0.497 e. The van der Waals surface area contributed by atoms with Gasteiger partial charge in [0.05, 0.1) is 24.2 Å². The third-order valence-corrected chi connectivity index (χ3v) is 5.97. The molecule has 3 nitrogen and oxygen atoms in total. The monoisotopic (exact) mass is 436 g/mol. The molecule has 0 radical (unpaired) electrons. The van der Waals surface area contributed by atoms with Crippen LogP contribution >= 0.6 is 0 Å². The molecule has 0 spiro atoms. The Kier molecular flexibility index (Phi) is 6.79. The summed E-state index contributed by atoms with van der Waals surface area (Å²) in [6.45, 7) is 8.86. The van der Waals surface area contributed by atoms with Crippen molar-refractivity contribution in [2.75, 3.05) is 7.11 Å². The van der Waals surface area contributed by atoms with Gasteiger partial charge in [0.2, 0.25) is 0 Å². The van der Waals surface area contributed by atoms with Crippen LogP contribution in [-0.2, 0) is 0 Å². The molecule has 0 fully saturated rings. The predicted molar refractivity (Wildman–Crippen MR) is 139 cm³/mol. The van der Waals surface area contributed by atoms with Gasteiger partial charge in [0.25, 0.3) is 0 Å². The highest BCUT2D eigenvalue weighted by Crippen LogP contribution is 2.28. The Hall–Kier alpha value is -3.59. The van der Waals surface area contributed by atoms with Crippen LogP contribution in [-0.4, -0.2) is 16.9 Å². The summed E-state index contributed by atoms with van der Waals surface area (Å²) in [4.78, 5) is 0. The lowest BCUT2D eigenvalue weighted by atomic mass is 10.0. The first kappa shape index (κ1) is 22.6. The third-order valence-electron chi connectivity index (χ3n) is 5.97. The van der Waals surface area contributed by atoms with Crippen molar-refractivity contribution in [3.8, 4) is 22.7 Å². The van der Waals surface area contributed by atoms with Crippen LogP contribution in [0.2, 0.25) is 0 Å². The zero-order valence-electron chi connectivity index (χ0n) is 20.1. The van der Waals surface area contributed by atoms with E-state index in [1.165, 1.54) is 16.7 Å². The molecule has 0 bridgehead atoms. The van der Waals surface area contributed by atoms with Gasteiger partial charge >= 0.3 is 0 Å². The molecule has 1 aromatic heterocycles. The van der Waals surface area contributed by atoms with Gasteiger partial charge in [-0.15, -0.1) is 0 Å². The quantitative estimate of drug-likeness (QED) is 0.294. The summed E-state index contributed by atoms with van der Waals surface area (Å²) in [5, 5.41) is 4.92. The predicted octanol–water partition coefficient (Wildman–Crippen LogP) is 7.97. The lowest BCUT2D eigenvalue weighted by Crippen LogP contribution is -1.99. The molecular formula is C30H32N2O. The zero-order chi connectivity index (χ0) is 23.4. The van der Waals surface area contributed by atoms with E-state index in [-0.39, 0.29) is 0 Å². The topological polar surface area (TPSA) is 27.1 Å². The van der Waals surface area contributed by atoms with Gasteiger partial charge in [-0.25, -0.2) is 4.68 Å². The van der Waals surface area contributed by atoms with Gasteiger partial charge < -0.3 is 4.74 Å². The van der Waals surface area contributed by atoms with Gasteiger partial charge in [0.1, 0.15) is 5.75 Å². The number of ether oxygens (including phenoxy) is 1. The second-order valence-corrected chi connectivity index (χ2v) is 9.00. The van der Waals surface area contributed by atoms with Crippen LogP contribution in [0, 0.1) is 0 Å². The third kappa shape index (κ3) is 5.25. The molecule has 3 aromatic carbocycles. The minimum atomic E-state index is 0.506. The molecule has 0 saturated carbocycles. The normalized spacial score (nSPS) is 11.6. The summed E-state index contributed by atoms with van der Waals surface area (Å²) in [5.41, 5.74) is 7.97. The van der Waals surface area contributed by atoms with E-state index in [1.807, 2.05) is 28.9 Å². The van der Waals surface area contributed by atoms with Crippen molar-refractivity contribution >= 4 is 12.2 Å². The first-order valence-corrected chi connectivity index (χ1v) is 11.6. The zero-order valence-corrected chi connectivity index (χ0v) is 20.1. The molecule has 0 aliphatic carbocycles. The molecular weight excluding hydrogens is 404 g/mol. The Morgan fingerprint density at radius 2 is 1.30 bits per heavy atom. The highest BCUT2D eigenvalue weighted by molar-refractivity contribution is 5.72. The van der Waals surface area contributed by atoms with Gasteiger partial charge in [0, 0.05) is 5.56 Å². The van der Waals surface area contributed by atoms with Crippen molar-refractivity contribution in [2.45, 2.75) is 39.5 Å². The molecule has 0 unspecified atom stereocenters. The van der Waals surface area contributed by atoms with Crippen LogP contribution in [0.5, 0.6) is 5.75 Å². The molecule has 168 valence electrons. The molecule has 1 heterocycles. The van der Waals surface area contributed by atoms with E-state index in [0.29, 0.717) is 11.8 Å². The summed E-state index contributed by atoms with van der Waals surface area (Å²) < 4.78 is 7.34. The Labute approximate surface area is 197 Å². The molecule has 4 rings (SSSR count). The largest absolute Gasteiger partial charge is 0.497 e. The SMILES string of the molecule is COc1ccc(-n2nc(C=Cc3ccc(C(C)C)cc3)cc2-c2ccc(C(C)C)cc2)cc1. The summed E-state index contributed by atoms with van der Waals surface area (Å²) in [7, 11) is 1.68. The average Bonchev–Trinajstić information content (AvgIpc) is 3.27. The fraction of sp³-hybridized carbons (Fsp3) is 0.233. The number of methoxy groups -OCH3 is 1. The van der Waals surface area contributed by atoms with Crippen molar-refractivity contribution < 1.29 is 4.74 Å². The minimum absolute atomic E-state index is 0.506. The van der Waals surface area contributed by atoms with E-state index in [1.54, 1.807) is 7.11 Å². The Morgan fingerprint density at radius 1 is 0.727 bits per heavy atom. The maximum absolute atomic E-state index is 5.33.